The Bertz CT molecular complexity index is 387. The molecule has 0 aromatic heterocycles. The van der Waals surface area contributed by atoms with Crippen LogP contribution in [-0.4, -0.2) is 19.0 Å². The molecular formula is C18H27FO2. The maximum absolute atomic E-state index is 12.7. The Balaban J connectivity index is 1.96. The van der Waals surface area contributed by atoms with Gasteiger partial charge >= 0.3 is 0 Å². The predicted molar refractivity (Wildman–Crippen MR) is 84.2 cm³/mol. The van der Waals surface area contributed by atoms with Gasteiger partial charge in [-0.3, -0.25) is 4.79 Å². The second-order valence-corrected chi connectivity index (χ2v) is 5.41. The second-order valence-electron chi connectivity index (χ2n) is 5.41. The SMILES string of the molecule is CCCCCCCCOCCCC(=O)c1ccc(F)cc1. The highest BCUT2D eigenvalue weighted by Crippen LogP contribution is 2.08. The normalized spacial score (nSPS) is 10.8. The minimum absolute atomic E-state index is 0.0539. The van der Waals surface area contributed by atoms with Gasteiger partial charge in [0.15, 0.2) is 5.78 Å². The van der Waals surface area contributed by atoms with Crippen LogP contribution in [0.5, 0.6) is 0 Å². The van der Waals surface area contributed by atoms with Crippen LogP contribution >= 0.6 is 0 Å². The summed E-state index contributed by atoms with van der Waals surface area (Å²) >= 11 is 0. The van der Waals surface area contributed by atoms with Gasteiger partial charge < -0.3 is 4.74 Å². The van der Waals surface area contributed by atoms with Crippen LogP contribution in [0.2, 0.25) is 0 Å². The average Bonchev–Trinajstić information content (AvgIpc) is 2.49. The molecule has 0 amide bonds. The molecule has 0 aliphatic rings. The van der Waals surface area contributed by atoms with E-state index in [-0.39, 0.29) is 11.6 Å². The summed E-state index contributed by atoms with van der Waals surface area (Å²) in [6, 6.07) is 5.72. The van der Waals surface area contributed by atoms with E-state index in [0.29, 0.717) is 18.6 Å². The molecular weight excluding hydrogens is 267 g/mol. The highest BCUT2D eigenvalue weighted by molar-refractivity contribution is 5.95. The van der Waals surface area contributed by atoms with E-state index in [2.05, 4.69) is 6.92 Å². The van der Waals surface area contributed by atoms with Crippen LogP contribution in [0.1, 0.15) is 68.6 Å². The lowest BCUT2D eigenvalue weighted by molar-refractivity contribution is 0.0933. The van der Waals surface area contributed by atoms with Gasteiger partial charge in [-0.1, -0.05) is 39.0 Å². The predicted octanol–water partition coefficient (Wildman–Crippen LogP) is 5.17. The van der Waals surface area contributed by atoms with Crippen molar-refractivity contribution < 1.29 is 13.9 Å². The van der Waals surface area contributed by atoms with Gasteiger partial charge in [0.25, 0.3) is 0 Å². The first-order valence-corrected chi connectivity index (χ1v) is 8.10. The number of rotatable bonds is 12. The summed E-state index contributed by atoms with van der Waals surface area (Å²) in [4.78, 5) is 11.8. The van der Waals surface area contributed by atoms with E-state index in [4.69, 9.17) is 4.74 Å². The minimum Gasteiger partial charge on any atom is -0.381 e. The van der Waals surface area contributed by atoms with Crippen molar-refractivity contribution in [3.05, 3.63) is 35.6 Å². The Morgan fingerprint density at radius 2 is 1.57 bits per heavy atom. The Kier molecular flexibility index (Phi) is 9.71. The third-order valence-electron chi connectivity index (χ3n) is 3.50. The number of ketones is 1. The van der Waals surface area contributed by atoms with E-state index in [9.17, 15) is 9.18 Å². The summed E-state index contributed by atoms with van der Waals surface area (Å²) in [5.41, 5.74) is 0.576. The highest BCUT2D eigenvalue weighted by atomic mass is 19.1. The molecule has 1 aromatic rings. The van der Waals surface area contributed by atoms with Crippen LogP contribution in [-0.2, 0) is 4.74 Å². The smallest absolute Gasteiger partial charge is 0.162 e. The van der Waals surface area contributed by atoms with Crippen molar-refractivity contribution in [1.82, 2.24) is 0 Å². The maximum Gasteiger partial charge on any atom is 0.162 e. The van der Waals surface area contributed by atoms with Crippen LogP contribution in [0.25, 0.3) is 0 Å². The van der Waals surface area contributed by atoms with Gasteiger partial charge in [0.2, 0.25) is 0 Å². The van der Waals surface area contributed by atoms with Crippen molar-refractivity contribution in [1.29, 1.82) is 0 Å². The zero-order valence-corrected chi connectivity index (χ0v) is 13.1. The Morgan fingerprint density at radius 1 is 0.952 bits per heavy atom. The van der Waals surface area contributed by atoms with Crippen molar-refractivity contribution in [2.45, 2.75) is 58.3 Å². The number of benzene rings is 1. The lowest BCUT2D eigenvalue weighted by atomic mass is 10.1. The molecule has 0 heterocycles. The number of hydrogen-bond acceptors (Lipinski definition) is 2. The number of carbonyl (C=O) groups is 1. The van der Waals surface area contributed by atoms with E-state index in [0.717, 1.165) is 19.4 Å². The summed E-state index contributed by atoms with van der Waals surface area (Å²) in [5, 5.41) is 0. The summed E-state index contributed by atoms with van der Waals surface area (Å²) in [7, 11) is 0. The molecule has 0 fully saturated rings. The van der Waals surface area contributed by atoms with Crippen molar-refractivity contribution in [2.24, 2.45) is 0 Å². The molecule has 1 rings (SSSR count). The molecule has 0 saturated heterocycles. The lowest BCUT2D eigenvalue weighted by Gasteiger charge is -2.04. The first kappa shape index (κ1) is 17.8. The first-order valence-electron chi connectivity index (χ1n) is 8.10. The van der Waals surface area contributed by atoms with Crippen LogP contribution in [0.4, 0.5) is 4.39 Å². The molecule has 0 aliphatic heterocycles. The van der Waals surface area contributed by atoms with Crippen LogP contribution < -0.4 is 0 Å². The van der Waals surface area contributed by atoms with Crippen molar-refractivity contribution in [3.63, 3.8) is 0 Å². The van der Waals surface area contributed by atoms with E-state index >= 15 is 0 Å². The zero-order chi connectivity index (χ0) is 15.3. The fraction of sp³-hybridized carbons (Fsp3) is 0.611. The Labute approximate surface area is 127 Å². The number of unbranched alkanes of at least 4 members (excludes halogenated alkanes) is 5. The quantitative estimate of drug-likeness (QED) is 0.393. The van der Waals surface area contributed by atoms with E-state index in [1.165, 1.54) is 56.4 Å². The maximum atomic E-state index is 12.7. The number of ether oxygens (including phenoxy) is 1. The van der Waals surface area contributed by atoms with E-state index in [1.54, 1.807) is 0 Å². The molecule has 0 N–H and O–H groups in total. The van der Waals surface area contributed by atoms with Gasteiger partial charge in [0.1, 0.15) is 5.82 Å². The molecule has 0 spiro atoms. The number of carbonyl (C=O) groups excluding carboxylic acids is 1. The van der Waals surface area contributed by atoms with E-state index in [1.807, 2.05) is 0 Å². The van der Waals surface area contributed by atoms with Crippen LogP contribution in [0.15, 0.2) is 24.3 Å². The van der Waals surface area contributed by atoms with Gasteiger partial charge in [-0.2, -0.15) is 0 Å². The molecule has 21 heavy (non-hydrogen) atoms. The fourth-order valence-corrected chi connectivity index (χ4v) is 2.20. The number of hydrogen-bond donors (Lipinski definition) is 0. The summed E-state index contributed by atoms with van der Waals surface area (Å²) in [6.45, 7) is 3.63. The van der Waals surface area contributed by atoms with Gasteiger partial charge in [-0.25, -0.2) is 4.39 Å². The Hall–Kier alpha value is -1.22. The molecule has 0 bridgehead atoms. The van der Waals surface area contributed by atoms with Gasteiger partial charge in [0, 0.05) is 25.2 Å². The molecule has 0 radical (unpaired) electrons. The third kappa shape index (κ3) is 8.61. The van der Waals surface area contributed by atoms with Crippen LogP contribution in [0, 0.1) is 5.82 Å². The molecule has 1 aromatic carbocycles. The molecule has 0 aliphatic carbocycles. The van der Waals surface area contributed by atoms with Gasteiger partial charge in [-0.15, -0.1) is 0 Å². The number of halogens is 1. The number of Topliss-reactive ketones (excluding diaryl/α,β-unsaturated/α-hetero) is 1. The fourth-order valence-electron chi connectivity index (χ4n) is 2.20. The lowest BCUT2D eigenvalue weighted by Crippen LogP contribution is -2.03. The van der Waals surface area contributed by atoms with Gasteiger partial charge in [-0.05, 0) is 37.1 Å². The van der Waals surface area contributed by atoms with E-state index < -0.39 is 0 Å². The second kappa shape index (κ2) is 11.4. The molecule has 2 nitrogen and oxygen atoms in total. The molecule has 0 saturated carbocycles. The monoisotopic (exact) mass is 294 g/mol. The summed E-state index contributed by atoms with van der Waals surface area (Å²) < 4.78 is 18.3. The first-order chi connectivity index (χ1) is 10.2. The van der Waals surface area contributed by atoms with Crippen LogP contribution in [0.3, 0.4) is 0 Å². The average molecular weight is 294 g/mol. The summed E-state index contributed by atoms with van der Waals surface area (Å²) in [5.74, 6) is -0.257. The van der Waals surface area contributed by atoms with Crippen molar-refractivity contribution in [2.75, 3.05) is 13.2 Å². The minimum atomic E-state index is -0.311. The zero-order valence-electron chi connectivity index (χ0n) is 13.1. The van der Waals surface area contributed by atoms with Crippen molar-refractivity contribution in [3.8, 4) is 0 Å². The third-order valence-corrected chi connectivity index (χ3v) is 3.50. The largest absolute Gasteiger partial charge is 0.381 e. The standard InChI is InChI=1S/C18H27FO2/c1-2-3-4-5-6-7-14-21-15-8-9-18(20)16-10-12-17(19)13-11-16/h10-13H,2-9,14-15H2,1H3. The summed E-state index contributed by atoms with van der Waals surface area (Å²) in [6.07, 6.45) is 8.74. The molecule has 0 unspecified atom stereocenters. The Morgan fingerprint density at radius 3 is 2.29 bits per heavy atom. The molecule has 118 valence electrons. The molecule has 0 atom stereocenters. The molecule has 3 heteroatoms. The highest BCUT2D eigenvalue weighted by Gasteiger charge is 2.05. The van der Waals surface area contributed by atoms with Crippen molar-refractivity contribution >= 4 is 5.78 Å². The topological polar surface area (TPSA) is 26.3 Å². The van der Waals surface area contributed by atoms with Gasteiger partial charge in [0.05, 0.1) is 0 Å².